The van der Waals surface area contributed by atoms with Gasteiger partial charge in [-0.05, 0) is 145 Å². The minimum atomic E-state index is -4.58. The average molecular weight is 1150 g/mol. The fraction of sp³-hybridized carbons (Fsp3) is 0.350. The zero-order valence-corrected chi connectivity index (χ0v) is 47.2. The van der Waals surface area contributed by atoms with E-state index in [9.17, 15) is 28.5 Å². The molecule has 0 atom stereocenters. The molecular formula is C60H68F3N17O4. The topological polar surface area (TPSA) is 285 Å². The van der Waals surface area contributed by atoms with Gasteiger partial charge in [0.25, 0.3) is 0 Å². The van der Waals surface area contributed by atoms with Crippen LogP contribution in [-0.2, 0) is 6.18 Å². The summed E-state index contributed by atoms with van der Waals surface area (Å²) in [6.45, 7) is 12.8. The Balaban J connectivity index is 0.000000143. The second-order valence-electron chi connectivity index (χ2n) is 22.4. The minimum absolute atomic E-state index is 0.0114. The number of hydrogen-bond acceptors (Lipinski definition) is 18. The zero-order valence-electron chi connectivity index (χ0n) is 47.2. The third kappa shape index (κ3) is 14.4. The third-order valence-corrected chi connectivity index (χ3v) is 15.0. The van der Waals surface area contributed by atoms with Gasteiger partial charge in [-0.15, -0.1) is 0 Å². The maximum absolute atomic E-state index is 13.2. The summed E-state index contributed by atoms with van der Waals surface area (Å²) in [4.78, 5) is 28.8. The number of alkyl halides is 3. The Morgan fingerprint density at radius 2 is 1.07 bits per heavy atom. The van der Waals surface area contributed by atoms with Crippen molar-refractivity contribution < 1.29 is 33.2 Å². The Bertz CT molecular complexity index is 3410. The number of nitrogens with zero attached hydrogens (tertiary/aromatic N) is 10. The summed E-state index contributed by atoms with van der Waals surface area (Å²) >= 11 is 0. The van der Waals surface area contributed by atoms with Crippen LogP contribution in [0.25, 0.3) is 67.2 Å². The number of aromatic hydroxyl groups is 3. The van der Waals surface area contributed by atoms with Crippen molar-refractivity contribution in [2.75, 3.05) is 43.4 Å². The normalized spacial score (nSPS) is 16.4. The Kier molecular flexibility index (Phi) is 17.5. The van der Waals surface area contributed by atoms with Crippen LogP contribution >= 0.6 is 0 Å². The monoisotopic (exact) mass is 1150 g/mol. The Labute approximate surface area is 483 Å². The summed E-state index contributed by atoms with van der Waals surface area (Å²) in [6.07, 6.45) is 19.6. The molecule has 0 unspecified atom stereocenters. The summed E-state index contributed by atoms with van der Waals surface area (Å²) in [5.41, 5.74) is 6.05. The molecule has 9 heterocycles. The van der Waals surface area contributed by atoms with Crippen molar-refractivity contribution in [3.8, 4) is 90.3 Å². The number of phenolic OH excluding ortho intramolecular Hbond substituents is 3. The van der Waals surface area contributed by atoms with E-state index in [4.69, 9.17) is 4.74 Å². The SMILES string of the molecule is CN(c1cnc(-c2ccc(-c3cn[nH]c3C(F)(F)F)cc2O)cn1)C1CC(C)(C)NC(C)(C)C1.Oc1cc(-c2cn[nH]c2)ccc1-c1cnc(NC2CCNCC2)cn1.Oc1cc(-c2cn[nH]c2)ccc1-c1cnc(OC2CCNCC2)cn1. The molecule has 3 aromatic carbocycles. The van der Waals surface area contributed by atoms with Gasteiger partial charge < -0.3 is 46.2 Å². The first-order valence-corrected chi connectivity index (χ1v) is 27.8. The molecule has 0 bridgehead atoms. The van der Waals surface area contributed by atoms with Crippen molar-refractivity contribution in [1.29, 1.82) is 0 Å². The number of hydrogen-bond donors (Lipinski definition) is 10. The van der Waals surface area contributed by atoms with Crippen LogP contribution in [0, 0.1) is 0 Å². The van der Waals surface area contributed by atoms with E-state index in [1.54, 1.807) is 74.1 Å². The van der Waals surface area contributed by atoms with Crippen LogP contribution < -0.4 is 30.9 Å². The molecule has 9 aromatic rings. The molecule has 0 aliphatic carbocycles. The largest absolute Gasteiger partial charge is 0.507 e. The van der Waals surface area contributed by atoms with Gasteiger partial charge >= 0.3 is 6.18 Å². The molecule has 24 heteroatoms. The fourth-order valence-electron chi connectivity index (χ4n) is 11.0. The molecule has 3 aliphatic rings. The molecule has 6 aromatic heterocycles. The smallest absolute Gasteiger partial charge is 0.433 e. The molecule has 10 N–H and O–H groups in total. The highest BCUT2D eigenvalue weighted by atomic mass is 19.4. The van der Waals surface area contributed by atoms with E-state index < -0.39 is 11.9 Å². The summed E-state index contributed by atoms with van der Waals surface area (Å²) in [5.74, 6) is 2.14. The van der Waals surface area contributed by atoms with Gasteiger partial charge in [0, 0.05) is 76.0 Å². The van der Waals surface area contributed by atoms with Crippen LogP contribution in [0.1, 0.15) is 71.9 Å². The van der Waals surface area contributed by atoms with Gasteiger partial charge in [0.2, 0.25) is 5.88 Å². The van der Waals surface area contributed by atoms with Crippen molar-refractivity contribution >= 4 is 11.6 Å². The van der Waals surface area contributed by atoms with Gasteiger partial charge in [0.05, 0.1) is 72.9 Å². The van der Waals surface area contributed by atoms with Gasteiger partial charge in [-0.3, -0.25) is 25.3 Å². The molecule has 3 aliphatic heterocycles. The summed E-state index contributed by atoms with van der Waals surface area (Å²) in [6, 6.07) is 15.9. The van der Waals surface area contributed by atoms with Crippen LogP contribution in [-0.4, -0.2) is 138 Å². The number of anilines is 2. The first kappa shape index (κ1) is 58.2. The van der Waals surface area contributed by atoms with Gasteiger partial charge in [0.15, 0.2) is 0 Å². The van der Waals surface area contributed by atoms with Crippen LogP contribution in [0.4, 0.5) is 24.8 Å². The lowest BCUT2D eigenvalue weighted by Gasteiger charge is -2.49. The molecule has 0 amide bonds. The number of piperidine rings is 3. The van der Waals surface area contributed by atoms with Crippen molar-refractivity contribution in [1.82, 2.24) is 76.4 Å². The molecule has 21 nitrogen and oxygen atoms in total. The lowest BCUT2D eigenvalue weighted by atomic mass is 9.79. The molecule has 0 spiro atoms. The van der Waals surface area contributed by atoms with Crippen LogP contribution in [0.15, 0.2) is 123 Å². The Morgan fingerprint density at radius 1 is 0.560 bits per heavy atom. The summed E-state index contributed by atoms with van der Waals surface area (Å²) in [7, 11) is 2.00. The number of aromatic amines is 3. The maximum Gasteiger partial charge on any atom is 0.433 e. The molecule has 0 radical (unpaired) electrons. The molecule has 438 valence electrons. The molecule has 12 rings (SSSR count). The first-order chi connectivity index (χ1) is 40.3. The quantitative estimate of drug-likeness (QED) is 0.0544. The number of ether oxygens (including phenoxy) is 1. The van der Waals surface area contributed by atoms with Crippen LogP contribution in [0.2, 0.25) is 0 Å². The molecule has 84 heavy (non-hydrogen) atoms. The van der Waals surface area contributed by atoms with E-state index >= 15 is 0 Å². The molecule has 0 saturated carbocycles. The van der Waals surface area contributed by atoms with Gasteiger partial charge in [0.1, 0.15) is 40.7 Å². The standard InChI is InChI=1S/C24H29F3N6O.C18H20N6O.C18H19N5O2/c1-22(2)9-15(10-23(3,4)32-22)33(5)20-13-28-18(12-29-20)16-7-6-14(8-19(16)34)17-11-30-31-21(17)24(25,26)27;25-17-7-12(13-8-22-23-9-13)1-2-15(17)16-10-21-18(11-20-16)24-14-3-5-19-6-4-14;24-17-7-12(13-8-22-23-9-13)1-2-15(17)16-10-21-18(11-20-16)25-14-3-5-19-6-4-14/h6-8,11-13,15,32,34H,9-10H2,1-5H3,(H,30,31);1-2,7-11,14,19,25H,3-6H2,(H,21,24)(H,22,23);1-2,7-11,14,19,24H,3-6H2,(H,22,23). The summed E-state index contributed by atoms with van der Waals surface area (Å²) < 4.78 is 45.4. The Morgan fingerprint density at radius 3 is 1.55 bits per heavy atom. The van der Waals surface area contributed by atoms with E-state index in [2.05, 4.69) is 109 Å². The second-order valence-corrected chi connectivity index (χ2v) is 22.4. The highest BCUT2D eigenvalue weighted by Crippen LogP contribution is 2.40. The zero-order chi connectivity index (χ0) is 59.0. The first-order valence-electron chi connectivity index (χ1n) is 27.8. The Hall–Kier alpha value is -9.00. The molecule has 3 saturated heterocycles. The number of phenols is 3. The van der Waals surface area contributed by atoms with Crippen LogP contribution in [0.3, 0.4) is 0 Å². The number of halogens is 3. The van der Waals surface area contributed by atoms with Crippen molar-refractivity contribution in [3.63, 3.8) is 0 Å². The van der Waals surface area contributed by atoms with Crippen molar-refractivity contribution in [2.24, 2.45) is 0 Å². The van der Waals surface area contributed by atoms with E-state index in [-0.39, 0.29) is 51.6 Å². The van der Waals surface area contributed by atoms with Gasteiger partial charge in [-0.25, -0.2) is 19.9 Å². The van der Waals surface area contributed by atoms with E-state index in [0.29, 0.717) is 51.5 Å². The number of benzene rings is 3. The number of rotatable bonds is 12. The number of aromatic nitrogens is 12. The van der Waals surface area contributed by atoms with E-state index in [1.165, 1.54) is 18.2 Å². The van der Waals surface area contributed by atoms with E-state index in [1.807, 2.05) is 36.4 Å². The highest BCUT2D eigenvalue weighted by Gasteiger charge is 2.40. The van der Waals surface area contributed by atoms with Gasteiger partial charge in [-0.2, -0.15) is 28.5 Å². The minimum Gasteiger partial charge on any atom is -0.507 e. The predicted molar refractivity (Wildman–Crippen MR) is 314 cm³/mol. The van der Waals surface area contributed by atoms with Crippen molar-refractivity contribution in [2.45, 2.75) is 102 Å². The fourth-order valence-corrected chi connectivity index (χ4v) is 11.0. The van der Waals surface area contributed by atoms with Crippen molar-refractivity contribution in [3.05, 3.63) is 128 Å². The maximum atomic E-state index is 13.2. The van der Waals surface area contributed by atoms with Crippen LogP contribution in [0.5, 0.6) is 23.1 Å². The number of H-pyrrole nitrogens is 3. The predicted octanol–water partition coefficient (Wildman–Crippen LogP) is 9.78. The second kappa shape index (κ2) is 25.2. The highest BCUT2D eigenvalue weighted by molar-refractivity contribution is 5.77. The van der Waals surface area contributed by atoms with E-state index in [0.717, 1.165) is 99.0 Å². The lowest BCUT2D eigenvalue weighted by Crippen LogP contribution is -2.62. The molecular weight excluding hydrogens is 1080 g/mol. The number of nitrogens with one attached hydrogen (secondary N) is 7. The van der Waals surface area contributed by atoms with Gasteiger partial charge in [-0.1, -0.05) is 18.2 Å². The average Bonchev–Trinajstić information content (AvgIpc) is 3.72. The summed E-state index contributed by atoms with van der Waals surface area (Å²) in [5, 5.41) is 63.8. The lowest BCUT2D eigenvalue weighted by molar-refractivity contribution is -0.140. The third-order valence-electron chi connectivity index (χ3n) is 15.0. The molecule has 3 fully saturated rings.